The fourth-order valence-corrected chi connectivity index (χ4v) is 5.16. The number of rotatable bonds is 3. The Morgan fingerprint density at radius 2 is 1.03 bits per heavy atom. The molecule has 0 unspecified atom stereocenters. The molecule has 29 heavy (non-hydrogen) atoms. The first-order chi connectivity index (χ1) is 13.9. The van der Waals surface area contributed by atoms with Crippen LogP contribution in [0.3, 0.4) is 0 Å². The first kappa shape index (κ1) is 19.5. The zero-order chi connectivity index (χ0) is 20.7. The molecule has 0 aliphatic heterocycles. The smallest absolute Gasteiger partial charge is 0.00637 e. The van der Waals surface area contributed by atoms with Gasteiger partial charge in [0.15, 0.2) is 0 Å². The molecule has 0 amide bonds. The van der Waals surface area contributed by atoms with Crippen LogP contribution in [-0.4, -0.2) is 0 Å². The lowest BCUT2D eigenvalue weighted by Crippen LogP contribution is -1.99. The second-order valence-corrected chi connectivity index (χ2v) is 8.60. The van der Waals surface area contributed by atoms with E-state index < -0.39 is 0 Å². The van der Waals surface area contributed by atoms with Crippen LogP contribution in [0.15, 0.2) is 60.7 Å². The Morgan fingerprint density at radius 3 is 1.41 bits per heavy atom. The Hall–Kier alpha value is -2.86. The fourth-order valence-electron chi connectivity index (χ4n) is 5.16. The van der Waals surface area contributed by atoms with E-state index in [1.54, 1.807) is 0 Å². The van der Waals surface area contributed by atoms with Crippen molar-refractivity contribution in [2.75, 3.05) is 0 Å². The second kappa shape index (κ2) is 7.52. The maximum absolute atomic E-state index is 2.31. The normalized spacial score (nSPS) is 13.1. The summed E-state index contributed by atoms with van der Waals surface area (Å²) < 4.78 is 0. The first-order valence-corrected chi connectivity index (χ1v) is 10.5. The molecule has 0 aromatic heterocycles. The Kier molecular flexibility index (Phi) is 5.04. The first-order valence-electron chi connectivity index (χ1n) is 10.5. The van der Waals surface area contributed by atoms with E-state index in [4.69, 9.17) is 0 Å². The average Bonchev–Trinajstić information content (AvgIpc) is 3.14. The van der Waals surface area contributed by atoms with Crippen LogP contribution in [0.25, 0.3) is 27.8 Å². The predicted octanol–water partition coefficient (Wildman–Crippen LogP) is 8.21. The van der Waals surface area contributed by atoms with E-state index in [9.17, 15) is 0 Å². The molecular weight excluding hydrogens is 348 g/mol. The average molecular weight is 379 g/mol. The Bertz CT molecular complexity index is 1050. The standard InChI is InChI=1S/C29H30/c1-18-14-20(3)27(21(4)15-18)25-12-9-13-26(29(25)24-10-7-8-11-24)28-22(5)16-19(2)17-23(28)6/h7-10,12-17H,11H2,1-6H3. The van der Waals surface area contributed by atoms with E-state index in [-0.39, 0.29) is 0 Å². The molecule has 0 heteroatoms. The highest BCUT2D eigenvalue weighted by Crippen LogP contribution is 2.43. The monoisotopic (exact) mass is 378 g/mol. The zero-order valence-corrected chi connectivity index (χ0v) is 18.5. The lowest BCUT2D eigenvalue weighted by Gasteiger charge is -2.22. The van der Waals surface area contributed by atoms with E-state index in [0.717, 1.165) is 6.42 Å². The molecule has 3 aromatic rings. The summed E-state index contributed by atoms with van der Waals surface area (Å²) in [4.78, 5) is 0. The molecule has 3 aromatic carbocycles. The van der Waals surface area contributed by atoms with Gasteiger partial charge in [-0.3, -0.25) is 0 Å². The van der Waals surface area contributed by atoms with Crippen molar-refractivity contribution in [3.8, 4) is 22.3 Å². The van der Waals surface area contributed by atoms with Crippen molar-refractivity contribution >= 4 is 5.57 Å². The van der Waals surface area contributed by atoms with Gasteiger partial charge in [0.05, 0.1) is 0 Å². The Morgan fingerprint density at radius 1 is 0.586 bits per heavy atom. The van der Waals surface area contributed by atoms with Crippen LogP contribution in [0.5, 0.6) is 0 Å². The highest BCUT2D eigenvalue weighted by molar-refractivity contribution is 5.95. The van der Waals surface area contributed by atoms with Gasteiger partial charge < -0.3 is 0 Å². The maximum Gasteiger partial charge on any atom is -0.00637 e. The van der Waals surface area contributed by atoms with Crippen LogP contribution in [-0.2, 0) is 0 Å². The summed E-state index contributed by atoms with van der Waals surface area (Å²) in [5.41, 5.74) is 16.3. The zero-order valence-electron chi connectivity index (χ0n) is 18.5. The van der Waals surface area contributed by atoms with Crippen LogP contribution in [0.4, 0.5) is 0 Å². The SMILES string of the molecule is Cc1cc(C)c(-c2cccc(-c3c(C)cc(C)cc3C)c2C2=CC=CC2)c(C)c1. The molecule has 0 atom stereocenters. The molecule has 0 saturated heterocycles. The highest BCUT2D eigenvalue weighted by atomic mass is 14.2. The highest BCUT2D eigenvalue weighted by Gasteiger charge is 2.20. The molecule has 0 N–H and O–H groups in total. The van der Waals surface area contributed by atoms with Gasteiger partial charge in [-0.05, 0) is 104 Å². The van der Waals surface area contributed by atoms with Crippen LogP contribution in [0, 0.1) is 41.5 Å². The summed E-state index contributed by atoms with van der Waals surface area (Å²) in [6.07, 6.45) is 7.75. The van der Waals surface area contributed by atoms with Crippen molar-refractivity contribution in [1.82, 2.24) is 0 Å². The molecule has 0 saturated carbocycles. The van der Waals surface area contributed by atoms with Crippen molar-refractivity contribution in [2.45, 2.75) is 48.0 Å². The summed E-state index contributed by atoms with van der Waals surface area (Å²) in [7, 11) is 0. The Balaban J connectivity index is 2.07. The fraction of sp³-hybridized carbons (Fsp3) is 0.241. The third-order valence-electron chi connectivity index (χ3n) is 6.05. The third kappa shape index (κ3) is 3.49. The van der Waals surface area contributed by atoms with Crippen molar-refractivity contribution < 1.29 is 0 Å². The number of aryl methyl sites for hydroxylation is 6. The number of benzene rings is 3. The predicted molar refractivity (Wildman–Crippen MR) is 127 cm³/mol. The molecule has 0 bridgehead atoms. The van der Waals surface area contributed by atoms with Gasteiger partial charge in [0.1, 0.15) is 0 Å². The number of allylic oxidation sites excluding steroid dienone is 4. The van der Waals surface area contributed by atoms with Gasteiger partial charge in [0, 0.05) is 0 Å². The van der Waals surface area contributed by atoms with Gasteiger partial charge in [-0.25, -0.2) is 0 Å². The second-order valence-electron chi connectivity index (χ2n) is 8.60. The van der Waals surface area contributed by atoms with Crippen molar-refractivity contribution in [2.24, 2.45) is 0 Å². The summed E-state index contributed by atoms with van der Waals surface area (Å²) in [6, 6.07) is 16.1. The molecule has 0 nitrogen and oxygen atoms in total. The quantitative estimate of drug-likeness (QED) is 0.431. The van der Waals surface area contributed by atoms with E-state index in [0.29, 0.717) is 0 Å². The largest absolute Gasteiger partial charge is 0.0801 e. The molecule has 1 aliphatic carbocycles. The third-order valence-corrected chi connectivity index (χ3v) is 6.05. The van der Waals surface area contributed by atoms with Gasteiger partial charge in [-0.1, -0.05) is 71.8 Å². The van der Waals surface area contributed by atoms with Gasteiger partial charge >= 0.3 is 0 Å². The summed E-state index contributed by atoms with van der Waals surface area (Å²) in [6.45, 7) is 13.4. The number of hydrogen-bond donors (Lipinski definition) is 0. The molecule has 0 radical (unpaired) electrons. The van der Waals surface area contributed by atoms with Crippen LogP contribution >= 0.6 is 0 Å². The minimum Gasteiger partial charge on any atom is -0.0801 e. The molecule has 0 fully saturated rings. The molecule has 4 rings (SSSR count). The van der Waals surface area contributed by atoms with Crippen molar-refractivity contribution in [3.05, 3.63) is 99.6 Å². The summed E-state index contributed by atoms with van der Waals surface area (Å²) >= 11 is 0. The van der Waals surface area contributed by atoms with Crippen LogP contribution < -0.4 is 0 Å². The van der Waals surface area contributed by atoms with Crippen LogP contribution in [0.2, 0.25) is 0 Å². The van der Waals surface area contributed by atoms with Crippen molar-refractivity contribution in [3.63, 3.8) is 0 Å². The minimum absolute atomic E-state index is 0.998. The molecule has 1 aliphatic rings. The van der Waals surface area contributed by atoms with Gasteiger partial charge in [-0.15, -0.1) is 0 Å². The van der Waals surface area contributed by atoms with E-state index in [1.807, 2.05) is 0 Å². The van der Waals surface area contributed by atoms with Gasteiger partial charge in [0.2, 0.25) is 0 Å². The topological polar surface area (TPSA) is 0 Å². The molecule has 0 heterocycles. The molecule has 146 valence electrons. The summed E-state index contributed by atoms with van der Waals surface area (Å²) in [5, 5.41) is 0. The lowest BCUT2D eigenvalue weighted by atomic mass is 9.82. The van der Waals surface area contributed by atoms with Gasteiger partial charge in [-0.2, -0.15) is 0 Å². The minimum atomic E-state index is 0.998. The van der Waals surface area contributed by atoms with E-state index in [2.05, 4.69) is 102 Å². The molecular formula is C29H30. The van der Waals surface area contributed by atoms with E-state index >= 15 is 0 Å². The maximum atomic E-state index is 2.31. The van der Waals surface area contributed by atoms with Crippen LogP contribution in [0.1, 0.15) is 45.4 Å². The van der Waals surface area contributed by atoms with E-state index in [1.165, 1.54) is 66.8 Å². The lowest BCUT2D eigenvalue weighted by molar-refractivity contribution is 1.30. The summed E-state index contributed by atoms with van der Waals surface area (Å²) in [5.74, 6) is 0. The Labute approximate surface area is 175 Å². The van der Waals surface area contributed by atoms with Gasteiger partial charge in [0.25, 0.3) is 0 Å². The van der Waals surface area contributed by atoms with Crippen molar-refractivity contribution in [1.29, 1.82) is 0 Å². The number of hydrogen-bond acceptors (Lipinski definition) is 0. The molecule has 0 spiro atoms.